The molecule has 2 nitrogen and oxygen atoms in total. The van der Waals surface area contributed by atoms with Crippen LogP contribution in [-0.4, -0.2) is 23.4 Å². The van der Waals surface area contributed by atoms with Gasteiger partial charge in [0, 0.05) is 28.4 Å². The molecule has 3 rings (SSSR count). The normalized spacial score (nSPS) is 14.5. The number of halogens is 2. The SMILES string of the molecule is OCCCCCCC1(CCCCCCO)c2cc(Br)sc2-c2sc(Br)cc21. The summed E-state index contributed by atoms with van der Waals surface area (Å²) in [5.41, 5.74) is 3.18. The van der Waals surface area contributed by atoms with E-state index in [9.17, 15) is 0 Å². The molecule has 2 N–H and O–H groups in total. The molecule has 0 bridgehead atoms. The van der Waals surface area contributed by atoms with Crippen molar-refractivity contribution in [1.29, 1.82) is 0 Å². The van der Waals surface area contributed by atoms with Gasteiger partial charge in [-0.25, -0.2) is 0 Å². The van der Waals surface area contributed by atoms with Crippen molar-refractivity contribution in [2.45, 2.75) is 69.6 Å². The number of hydrogen-bond donors (Lipinski definition) is 2. The zero-order chi connectivity index (χ0) is 19.3. The molecule has 1 aliphatic carbocycles. The molecule has 2 heterocycles. The van der Waals surface area contributed by atoms with Crippen LogP contribution >= 0.6 is 54.5 Å². The fourth-order valence-electron chi connectivity index (χ4n) is 4.36. The third kappa shape index (κ3) is 4.89. The number of aliphatic hydroxyl groups excluding tert-OH is 2. The van der Waals surface area contributed by atoms with Crippen LogP contribution in [-0.2, 0) is 5.41 Å². The molecule has 2 aromatic heterocycles. The number of aliphatic hydroxyl groups is 2. The van der Waals surface area contributed by atoms with Gasteiger partial charge >= 0.3 is 0 Å². The summed E-state index contributed by atoms with van der Waals surface area (Å²) < 4.78 is 2.46. The van der Waals surface area contributed by atoms with Gasteiger partial charge in [-0.2, -0.15) is 0 Å². The quantitative estimate of drug-likeness (QED) is 0.276. The largest absolute Gasteiger partial charge is 0.396 e. The minimum atomic E-state index is 0.133. The van der Waals surface area contributed by atoms with E-state index in [1.807, 2.05) is 22.7 Å². The van der Waals surface area contributed by atoms with Gasteiger partial charge in [-0.3, -0.25) is 0 Å². The first-order valence-electron chi connectivity index (χ1n) is 9.94. The van der Waals surface area contributed by atoms with Crippen LogP contribution in [0.25, 0.3) is 9.75 Å². The van der Waals surface area contributed by atoms with E-state index in [4.69, 9.17) is 10.2 Å². The van der Waals surface area contributed by atoms with Crippen molar-refractivity contribution >= 4 is 54.5 Å². The monoisotopic (exact) mass is 534 g/mol. The van der Waals surface area contributed by atoms with Crippen LogP contribution in [0.2, 0.25) is 0 Å². The van der Waals surface area contributed by atoms with Crippen LogP contribution in [0.1, 0.15) is 75.3 Å². The topological polar surface area (TPSA) is 40.5 Å². The molecular formula is C21H28Br2O2S2. The number of rotatable bonds is 12. The van der Waals surface area contributed by atoms with Crippen molar-refractivity contribution in [3.63, 3.8) is 0 Å². The Bertz CT molecular complexity index is 676. The first kappa shape index (κ1) is 22.0. The van der Waals surface area contributed by atoms with Crippen molar-refractivity contribution in [1.82, 2.24) is 0 Å². The molecule has 6 heteroatoms. The molecule has 0 atom stereocenters. The van der Waals surface area contributed by atoms with Crippen LogP contribution in [0.3, 0.4) is 0 Å². The lowest BCUT2D eigenvalue weighted by Crippen LogP contribution is -2.25. The van der Waals surface area contributed by atoms with E-state index >= 15 is 0 Å². The highest BCUT2D eigenvalue weighted by Gasteiger charge is 2.45. The van der Waals surface area contributed by atoms with Gasteiger partial charge in [-0.05, 0) is 80.8 Å². The summed E-state index contributed by atoms with van der Waals surface area (Å²) in [6.07, 6.45) is 11.2. The Morgan fingerprint density at radius 2 is 1.07 bits per heavy atom. The molecule has 0 radical (unpaired) electrons. The van der Waals surface area contributed by atoms with E-state index < -0.39 is 0 Å². The van der Waals surface area contributed by atoms with Crippen LogP contribution in [0, 0.1) is 0 Å². The van der Waals surface area contributed by atoms with Crippen molar-refractivity contribution in [2.75, 3.05) is 13.2 Å². The maximum absolute atomic E-state index is 9.06. The van der Waals surface area contributed by atoms with Gasteiger partial charge in [0.2, 0.25) is 0 Å². The lowest BCUT2D eigenvalue weighted by Gasteiger charge is -2.31. The summed E-state index contributed by atoms with van der Waals surface area (Å²) in [6, 6.07) is 4.73. The highest BCUT2D eigenvalue weighted by molar-refractivity contribution is 9.11. The molecule has 2 aromatic rings. The minimum Gasteiger partial charge on any atom is -0.396 e. The average molecular weight is 536 g/mol. The van der Waals surface area contributed by atoms with Crippen molar-refractivity contribution in [2.24, 2.45) is 0 Å². The number of thiophene rings is 2. The Kier molecular flexibility index (Phi) is 8.43. The zero-order valence-corrected chi connectivity index (χ0v) is 20.4. The van der Waals surface area contributed by atoms with Gasteiger partial charge in [0.25, 0.3) is 0 Å². The summed E-state index contributed by atoms with van der Waals surface area (Å²) in [5.74, 6) is 0. The van der Waals surface area contributed by atoms with Gasteiger partial charge in [0.05, 0.1) is 7.57 Å². The van der Waals surface area contributed by atoms with Crippen molar-refractivity contribution < 1.29 is 10.2 Å². The number of hydrogen-bond acceptors (Lipinski definition) is 4. The molecule has 0 unspecified atom stereocenters. The van der Waals surface area contributed by atoms with Crippen molar-refractivity contribution in [3.05, 3.63) is 30.8 Å². The predicted molar refractivity (Wildman–Crippen MR) is 124 cm³/mol. The van der Waals surface area contributed by atoms with Gasteiger partial charge in [-0.15, -0.1) is 22.7 Å². The van der Waals surface area contributed by atoms with Gasteiger partial charge in [-0.1, -0.05) is 38.5 Å². The van der Waals surface area contributed by atoms with Gasteiger partial charge < -0.3 is 10.2 Å². The van der Waals surface area contributed by atoms with Crippen LogP contribution in [0.4, 0.5) is 0 Å². The molecule has 1 aliphatic rings. The second-order valence-corrected chi connectivity index (χ2v) is 12.3. The highest BCUT2D eigenvalue weighted by Crippen LogP contribution is 2.60. The first-order chi connectivity index (χ1) is 13.1. The predicted octanol–water partition coefficient (Wildman–Crippen LogP) is 7.49. The van der Waals surface area contributed by atoms with E-state index in [-0.39, 0.29) is 5.41 Å². The lowest BCUT2D eigenvalue weighted by atomic mass is 9.71. The van der Waals surface area contributed by atoms with E-state index in [2.05, 4.69) is 44.0 Å². The van der Waals surface area contributed by atoms with Crippen LogP contribution < -0.4 is 0 Å². The van der Waals surface area contributed by atoms with Gasteiger partial charge in [0.1, 0.15) is 0 Å². The summed E-state index contributed by atoms with van der Waals surface area (Å²) in [4.78, 5) is 2.91. The Morgan fingerprint density at radius 1 is 0.667 bits per heavy atom. The average Bonchev–Trinajstić information content (AvgIpc) is 3.27. The third-order valence-corrected chi connectivity index (χ3v) is 9.11. The number of fused-ring (bicyclic) bond motifs is 3. The molecule has 0 aliphatic heterocycles. The summed E-state index contributed by atoms with van der Waals surface area (Å²) in [7, 11) is 0. The fourth-order valence-corrected chi connectivity index (χ4v) is 7.92. The first-order valence-corrected chi connectivity index (χ1v) is 13.2. The standard InChI is InChI=1S/C21H28Br2O2S2/c22-17-13-15-19(26-17)20-16(14-18(23)27-20)21(15,9-5-1-3-7-11-24)10-6-2-4-8-12-25/h13-14,24-25H,1-12H2. The molecule has 150 valence electrons. The van der Waals surface area contributed by atoms with Crippen LogP contribution in [0.15, 0.2) is 19.7 Å². The summed E-state index contributed by atoms with van der Waals surface area (Å²) in [5, 5.41) is 18.1. The van der Waals surface area contributed by atoms with E-state index in [0.717, 1.165) is 25.7 Å². The van der Waals surface area contributed by atoms with Gasteiger partial charge in [0.15, 0.2) is 0 Å². The Labute approximate surface area is 187 Å². The maximum Gasteiger partial charge on any atom is 0.0708 e. The second kappa shape index (κ2) is 10.4. The molecular weight excluding hydrogens is 508 g/mol. The van der Waals surface area contributed by atoms with Crippen molar-refractivity contribution in [3.8, 4) is 9.75 Å². The van der Waals surface area contributed by atoms with Crippen LogP contribution in [0.5, 0.6) is 0 Å². The Morgan fingerprint density at radius 3 is 1.48 bits per heavy atom. The Balaban J connectivity index is 1.83. The zero-order valence-electron chi connectivity index (χ0n) is 15.6. The smallest absolute Gasteiger partial charge is 0.0708 e. The van der Waals surface area contributed by atoms with E-state index in [0.29, 0.717) is 13.2 Å². The lowest BCUT2D eigenvalue weighted by molar-refractivity contribution is 0.279. The second-order valence-electron chi connectivity index (χ2n) is 7.44. The Hall–Kier alpha value is 0.280. The summed E-state index contributed by atoms with van der Waals surface area (Å²) in [6.45, 7) is 0.610. The minimum absolute atomic E-state index is 0.133. The highest BCUT2D eigenvalue weighted by atomic mass is 79.9. The maximum atomic E-state index is 9.06. The number of unbranched alkanes of at least 4 members (excludes halogenated alkanes) is 6. The molecule has 0 amide bonds. The molecule has 0 saturated carbocycles. The molecule has 0 spiro atoms. The fraction of sp³-hybridized carbons (Fsp3) is 0.619. The van der Waals surface area contributed by atoms with E-state index in [1.165, 1.54) is 67.0 Å². The third-order valence-electron chi connectivity index (χ3n) is 5.66. The van der Waals surface area contributed by atoms with E-state index in [1.54, 1.807) is 0 Å². The molecule has 0 aromatic carbocycles. The summed E-state index contributed by atoms with van der Waals surface area (Å²) >= 11 is 11.2. The molecule has 27 heavy (non-hydrogen) atoms. The molecule has 0 fully saturated rings. The molecule has 0 saturated heterocycles.